The molecule has 0 amide bonds. The first kappa shape index (κ1) is 24.7. The van der Waals surface area contributed by atoms with E-state index >= 15 is 0 Å². The third-order valence-electron chi connectivity index (χ3n) is 5.15. The molecule has 1 aromatic heterocycles. The van der Waals surface area contributed by atoms with Gasteiger partial charge in [0.15, 0.2) is 0 Å². The van der Waals surface area contributed by atoms with Gasteiger partial charge in [-0.05, 0) is 69.3 Å². The molecule has 2 heterocycles. The summed E-state index contributed by atoms with van der Waals surface area (Å²) >= 11 is 0. The Bertz CT molecular complexity index is 863. The molecule has 0 aliphatic carbocycles. The van der Waals surface area contributed by atoms with Crippen LogP contribution in [-0.4, -0.2) is 35.8 Å². The highest BCUT2D eigenvalue weighted by molar-refractivity contribution is 5.73. The van der Waals surface area contributed by atoms with Gasteiger partial charge < -0.3 is 15.2 Å². The number of carbonyl (C=O) groups is 1. The molecule has 3 rings (SSSR count). The van der Waals surface area contributed by atoms with Crippen molar-refractivity contribution < 1.29 is 27.8 Å². The molecule has 0 spiro atoms. The van der Waals surface area contributed by atoms with Crippen LogP contribution in [0.1, 0.15) is 49.3 Å². The van der Waals surface area contributed by atoms with Crippen molar-refractivity contribution in [2.45, 2.75) is 45.7 Å². The topological polar surface area (TPSA) is 71.5 Å². The highest BCUT2D eigenvalue weighted by Gasteiger charge is 2.36. The molecule has 1 atom stereocenters. The molecule has 5 nitrogen and oxygen atoms in total. The Hall–Kier alpha value is -2.61. The monoisotopic (exact) mass is 438 g/mol. The second-order valence-electron chi connectivity index (χ2n) is 8.23. The second kappa shape index (κ2) is 10.6. The average Bonchev–Trinajstić information content (AvgIpc) is 2.73. The SMILES string of the molecule is CC(C)(COc1ncccc1C(F)(F)F)C(=O)O.Cc1ccccc1C1CCCNC1. The van der Waals surface area contributed by atoms with Crippen molar-refractivity contribution in [1.82, 2.24) is 10.3 Å². The number of carboxylic acid groups (broad SMARTS) is 1. The Morgan fingerprint density at radius 2 is 1.94 bits per heavy atom. The summed E-state index contributed by atoms with van der Waals surface area (Å²) in [6, 6.07) is 10.7. The molecule has 170 valence electrons. The van der Waals surface area contributed by atoms with E-state index in [9.17, 15) is 18.0 Å². The van der Waals surface area contributed by atoms with Gasteiger partial charge in [0.25, 0.3) is 0 Å². The van der Waals surface area contributed by atoms with Gasteiger partial charge in [0.05, 0.1) is 5.41 Å². The van der Waals surface area contributed by atoms with Crippen molar-refractivity contribution in [3.05, 3.63) is 59.3 Å². The molecule has 31 heavy (non-hydrogen) atoms. The highest BCUT2D eigenvalue weighted by atomic mass is 19.4. The lowest BCUT2D eigenvalue weighted by Gasteiger charge is -2.24. The van der Waals surface area contributed by atoms with Gasteiger partial charge in [-0.1, -0.05) is 24.3 Å². The van der Waals surface area contributed by atoms with Crippen molar-refractivity contribution in [1.29, 1.82) is 0 Å². The number of aliphatic carboxylic acids is 1. The number of aromatic nitrogens is 1. The number of aryl methyl sites for hydroxylation is 1. The maximum absolute atomic E-state index is 12.6. The summed E-state index contributed by atoms with van der Waals surface area (Å²) < 4.78 is 42.6. The van der Waals surface area contributed by atoms with E-state index in [0.29, 0.717) is 0 Å². The van der Waals surface area contributed by atoms with Crippen LogP contribution in [0.15, 0.2) is 42.6 Å². The molecule has 1 unspecified atom stereocenters. The van der Waals surface area contributed by atoms with Crippen molar-refractivity contribution in [3.63, 3.8) is 0 Å². The molecule has 0 saturated carbocycles. The molecule has 0 radical (unpaired) electrons. The largest absolute Gasteiger partial charge is 0.481 e. The minimum absolute atomic E-state index is 0.400. The fourth-order valence-electron chi connectivity index (χ4n) is 3.19. The third kappa shape index (κ3) is 7.24. The number of rotatable bonds is 5. The van der Waals surface area contributed by atoms with E-state index in [1.54, 1.807) is 0 Å². The van der Waals surface area contributed by atoms with Crippen molar-refractivity contribution >= 4 is 5.97 Å². The fraction of sp³-hybridized carbons (Fsp3) is 0.478. The smallest absolute Gasteiger partial charge is 0.421 e. The van der Waals surface area contributed by atoms with Crippen LogP contribution in [0.25, 0.3) is 0 Å². The molecular formula is C23H29F3N2O3. The van der Waals surface area contributed by atoms with E-state index in [4.69, 9.17) is 9.84 Å². The van der Waals surface area contributed by atoms with E-state index in [1.165, 1.54) is 44.4 Å². The van der Waals surface area contributed by atoms with E-state index in [1.807, 2.05) is 0 Å². The van der Waals surface area contributed by atoms with Crippen LogP contribution in [0, 0.1) is 12.3 Å². The van der Waals surface area contributed by atoms with Crippen LogP contribution in [0.4, 0.5) is 13.2 Å². The number of nitrogens with zero attached hydrogens (tertiary/aromatic N) is 1. The van der Waals surface area contributed by atoms with Gasteiger partial charge in [0.2, 0.25) is 5.88 Å². The first-order valence-electron chi connectivity index (χ1n) is 10.2. The number of halogens is 3. The molecule has 1 aliphatic heterocycles. The van der Waals surface area contributed by atoms with Gasteiger partial charge in [0, 0.05) is 12.7 Å². The average molecular weight is 438 g/mol. The summed E-state index contributed by atoms with van der Waals surface area (Å²) in [7, 11) is 0. The van der Waals surface area contributed by atoms with Gasteiger partial charge in [-0.15, -0.1) is 0 Å². The molecule has 1 saturated heterocycles. The van der Waals surface area contributed by atoms with E-state index in [0.717, 1.165) is 30.8 Å². The van der Waals surface area contributed by atoms with Crippen LogP contribution >= 0.6 is 0 Å². The predicted octanol–water partition coefficient (Wildman–Crippen LogP) is 5.05. The quantitative estimate of drug-likeness (QED) is 0.683. The van der Waals surface area contributed by atoms with Gasteiger partial charge in [-0.3, -0.25) is 4.79 Å². The van der Waals surface area contributed by atoms with Crippen LogP contribution in [0.3, 0.4) is 0 Å². The first-order valence-corrected chi connectivity index (χ1v) is 10.2. The lowest BCUT2D eigenvalue weighted by atomic mass is 9.89. The number of alkyl halides is 3. The van der Waals surface area contributed by atoms with Crippen LogP contribution in [-0.2, 0) is 11.0 Å². The fourth-order valence-corrected chi connectivity index (χ4v) is 3.19. The zero-order valence-corrected chi connectivity index (χ0v) is 18.0. The van der Waals surface area contributed by atoms with Crippen LogP contribution in [0.2, 0.25) is 0 Å². The highest BCUT2D eigenvalue weighted by Crippen LogP contribution is 2.35. The lowest BCUT2D eigenvalue weighted by Crippen LogP contribution is -2.31. The van der Waals surface area contributed by atoms with Gasteiger partial charge in [-0.2, -0.15) is 13.2 Å². The van der Waals surface area contributed by atoms with Crippen LogP contribution < -0.4 is 10.1 Å². The molecule has 2 aromatic rings. The Labute approximate surface area is 180 Å². The molecule has 1 fully saturated rings. The number of hydrogen-bond donors (Lipinski definition) is 2. The number of piperidine rings is 1. The summed E-state index contributed by atoms with van der Waals surface area (Å²) in [5.41, 5.74) is 0.664. The number of ether oxygens (including phenoxy) is 1. The zero-order valence-electron chi connectivity index (χ0n) is 18.0. The van der Waals surface area contributed by atoms with E-state index in [2.05, 4.69) is 41.5 Å². The summed E-state index contributed by atoms with van der Waals surface area (Å²) in [4.78, 5) is 14.3. The van der Waals surface area contributed by atoms with Crippen LogP contribution in [0.5, 0.6) is 5.88 Å². The number of pyridine rings is 1. The van der Waals surface area contributed by atoms with Crippen molar-refractivity contribution in [2.75, 3.05) is 19.7 Å². The van der Waals surface area contributed by atoms with Crippen molar-refractivity contribution in [3.8, 4) is 5.88 Å². The Morgan fingerprint density at radius 1 is 1.23 bits per heavy atom. The molecular weight excluding hydrogens is 409 g/mol. The first-order chi connectivity index (χ1) is 14.5. The Balaban J connectivity index is 0.000000231. The molecule has 0 bridgehead atoms. The van der Waals surface area contributed by atoms with Crippen molar-refractivity contribution in [2.24, 2.45) is 5.41 Å². The normalized spacial score (nSPS) is 16.8. The Morgan fingerprint density at radius 3 is 2.52 bits per heavy atom. The molecule has 1 aliphatic rings. The summed E-state index contributed by atoms with van der Waals surface area (Å²) in [6.07, 6.45) is -0.772. The van der Waals surface area contributed by atoms with Gasteiger partial charge in [0.1, 0.15) is 12.2 Å². The Kier molecular flexibility index (Phi) is 8.44. The maximum Gasteiger partial charge on any atom is 0.421 e. The molecule has 2 N–H and O–H groups in total. The standard InChI is InChI=1S/C12H17N.C11H12F3NO3/c1-10-5-2-3-7-12(10)11-6-4-8-13-9-11;1-10(2,9(16)17)6-18-8-7(11(12,13)14)4-3-5-15-8/h2-3,5,7,11,13H,4,6,8-9H2,1H3;3-5H,6H2,1-2H3,(H,16,17). The molecule has 1 aromatic carbocycles. The number of carboxylic acids is 1. The summed E-state index contributed by atoms with van der Waals surface area (Å²) in [5, 5.41) is 12.3. The minimum Gasteiger partial charge on any atom is -0.481 e. The number of nitrogens with one attached hydrogen (secondary N) is 1. The van der Waals surface area contributed by atoms with E-state index in [-0.39, 0.29) is 0 Å². The number of benzene rings is 1. The lowest BCUT2D eigenvalue weighted by molar-refractivity contribution is -0.148. The van der Waals surface area contributed by atoms with Gasteiger partial charge >= 0.3 is 12.1 Å². The second-order valence-corrected chi connectivity index (χ2v) is 8.23. The zero-order chi connectivity index (χ0) is 23.1. The third-order valence-corrected chi connectivity index (χ3v) is 5.15. The summed E-state index contributed by atoms with van der Waals surface area (Å²) in [6.45, 7) is 6.87. The van der Waals surface area contributed by atoms with Gasteiger partial charge in [-0.25, -0.2) is 4.98 Å². The predicted molar refractivity (Wildman–Crippen MR) is 112 cm³/mol. The summed E-state index contributed by atoms with van der Waals surface area (Å²) in [5.74, 6) is -1.03. The van der Waals surface area contributed by atoms with E-state index < -0.39 is 35.6 Å². The minimum atomic E-state index is -4.59. The number of hydrogen-bond acceptors (Lipinski definition) is 4. The maximum atomic E-state index is 12.6. The molecule has 8 heteroatoms.